The van der Waals surface area contributed by atoms with Crippen molar-refractivity contribution in [2.45, 2.75) is 39.5 Å². The topological polar surface area (TPSA) is 41.1 Å². The Balaban J connectivity index is 2.29. The van der Waals surface area contributed by atoms with Crippen LogP contribution in [0.3, 0.4) is 0 Å². The van der Waals surface area contributed by atoms with Crippen molar-refractivity contribution in [2.75, 3.05) is 11.9 Å². The third kappa shape index (κ3) is 5.38. The monoisotopic (exact) mass is 234 g/mol. The van der Waals surface area contributed by atoms with E-state index in [-0.39, 0.29) is 6.03 Å². The van der Waals surface area contributed by atoms with E-state index < -0.39 is 0 Å². The fourth-order valence-electron chi connectivity index (χ4n) is 1.58. The van der Waals surface area contributed by atoms with Crippen molar-refractivity contribution in [2.24, 2.45) is 0 Å². The standard InChI is InChI=1S/C14H22N2O/c1-3-5-6-11-15-14(17)16-13-9-7-12(4-2)8-10-13/h7-10H,3-6,11H2,1-2H3,(H2,15,16,17). The molecule has 1 rings (SSSR count). The molecule has 0 unspecified atom stereocenters. The smallest absolute Gasteiger partial charge is 0.319 e. The molecule has 0 aliphatic carbocycles. The van der Waals surface area contributed by atoms with Crippen molar-refractivity contribution in [1.29, 1.82) is 0 Å². The molecule has 17 heavy (non-hydrogen) atoms. The number of carbonyl (C=O) groups is 1. The van der Waals surface area contributed by atoms with Gasteiger partial charge in [0.1, 0.15) is 0 Å². The lowest BCUT2D eigenvalue weighted by Crippen LogP contribution is -2.29. The maximum absolute atomic E-state index is 11.5. The van der Waals surface area contributed by atoms with Gasteiger partial charge in [0.05, 0.1) is 0 Å². The van der Waals surface area contributed by atoms with Gasteiger partial charge < -0.3 is 10.6 Å². The SMILES string of the molecule is CCCCCNC(=O)Nc1ccc(CC)cc1. The number of nitrogens with one attached hydrogen (secondary N) is 2. The summed E-state index contributed by atoms with van der Waals surface area (Å²) in [7, 11) is 0. The summed E-state index contributed by atoms with van der Waals surface area (Å²) in [6, 6.07) is 7.82. The molecule has 0 aliphatic rings. The lowest BCUT2D eigenvalue weighted by Gasteiger charge is -2.07. The van der Waals surface area contributed by atoms with Crippen molar-refractivity contribution in [3.05, 3.63) is 29.8 Å². The molecule has 0 aromatic heterocycles. The summed E-state index contributed by atoms with van der Waals surface area (Å²) in [6.45, 7) is 5.00. The number of rotatable bonds is 6. The number of hydrogen-bond donors (Lipinski definition) is 2. The Morgan fingerprint density at radius 1 is 1.12 bits per heavy atom. The second-order valence-corrected chi connectivity index (χ2v) is 4.14. The Kier molecular flexibility index (Phi) is 6.15. The molecule has 2 amide bonds. The average molecular weight is 234 g/mol. The first-order valence-corrected chi connectivity index (χ1v) is 6.40. The minimum absolute atomic E-state index is 0.120. The quantitative estimate of drug-likeness (QED) is 0.726. The molecule has 94 valence electrons. The fourth-order valence-corrected chi connectivity index (χ4v) is 1.58. The van der Waals surface area contributed by atoms with E-state index in [4.69, 9.17) is 0 Å². The number of urea groups is 1. The molecule has 0 spiro atoms. The first-order valence-electron chi connectivity index (χ1n) is 6.40. The van der Waals surface area contributed by atoms with Crippen LogP contribution in [0.5, 0.6) is 0 Å². The van der Waals surface area contributed by atoms with Gasteiger partial charge in [-0.3, -0.25) is 0 Å². The molecule has 1 aromatic carbocycles. The number of anilines is 1. The van der Waals surface area contributed by atoms with Crippen LogP contribution in [0.1, 0.15) is 38.7 Å². The van der Waals surface area contributed by atoms with Gasteiger partial charge in [0.15, 0.2) is 0 Å². The van der Waals surface area contributed by atoms with Crippen LogP contribution in [-0.2, 0) is 6.42 Å². The van der Waals surface area contributed by atoms with Crippen molar-refractivity contribution in [3.63, 3.8) is 0 Å². The molecular formula is C14H22N2O. The molecule has 0 saturated heterocycles. The molecule has 0 fully saturated rings. The van der Waals surface area contributed by atoms with Crippen molar-refractivity contribution < 1.29 is 4.79 Å². The highest BCUT2D eigenvalue weighted by atomic mass is 16.2. The van der Waals surface area contributed by atoms with E-state index in [0.717, 1.165) is 31.5 Å². The van der Waals surface area contributed by atoms with Crippen LogP contribution in [-0.4, -0.2) is 12.6 Å². The van der Waals surface area contributed by atoms with E-state index in [2.05, 4.69) is 24.5 Å². The summed E-state index contributed by atoms with van der Waals surface area (Å²) in [6.07, 6.45) is 4.38. The molecule has 1 aromatic rings. The lowest BCUT2D eigenvalue weighted by molar-refractivity contribution is 0.252. The van der Waals surface area contributed by atoms with E-state index in [1.165, 1.54) is 12.0 Å². The van der Waals surface area contributed by atoms with Gasteiger partial charge in [-0.1, -0.05) is 38.8 Å². The van der Waals surface area contributed by atoms with Crippen molar-refractivity contribution in [1.82, 2.24) is 5.32 Å². The minimum Gasteiger partial charge on any atom is -0.338 e. The number of carbonyl (C=O) groups excluding carboxylic acids is 1. The van der Waals surface area contributed by atoms with Crippen LogP contribution in [0, 0.1) is 0 Å². The Hall–Kier alpha value is -1.51. The summed E-state index contributed by atoms with van der Waals surface area (Å²) in [5, 5.41) is 5.66. The van der Waals surface area contributed by atoms with Gasteiger partial charge >= 0.3 is 6.03 Å². The highest BCUT2D eigenvalue weighted by Gasteiger charge is 2.00. The van der Waals surface area contributed by atoms with E-state index in [0.29, 0.717) is 0 Å². The van der Waals surface area contributed by atoms with E-state index in [1.54, 1.807) is 0 Å². The molecule has 3 heteroatoms. The van der Waals surface area contributed by atoms with Crippen LogP contribution in [0.25, 0.3) is 0 Å². The maximum atomic E-state index is 11.5. The third-order valence-electron chi connectivity index (χ3n) is 2.69. The average Bonchev–Trinajstić information content (AvgIpc) is 2.36. The summed E-state index contributed by atoms with van der Waals surface area (Å²) in [5.74, 6) is 0. The molecule has 0 heterocycles. The van der Waals surface area contributed by atoms with Gasteiger partial charge in [-0.05, 0) is 30.5 Å². The van der Waals surface area contributed by atoms with Crippen molar-refractivity contribution >= 4 is 11.7 Å². The first-order chi connectivity index (χ1) is 8.26. The molecule has 0 radical (unpaired) electrons. The van der Waals surface area contributed by atoms with E-state index >= 15 is 0 Å². The molecular weight excluding hydrogens is 212 g/mol. The Morgan fingerprint density at radius 3 is 2.41 bits per heavy atom. The van der Waals surface area contributed by atoms with Crippen LogP contribution in [0.2, 0.25) is 0 Å². The maximum Gasteiger partial charge on any atom is 0.319 e. The van der Waals surface area contributed by atoms with Crippen LogP contribution in [0.4, 0.5) is 10.5 Å². The number of benzene rings is 1. The summed E-state index contributed by atoms with van der Waals surface area (Å²) < 4.78 is 0. The van der Waals surface area contributed by atoms with Crippen LogP contribution < -0.4 is 10.6 Å². The lowest BCUT2D eigenvalue weighted by atomic mass is 10.1. The number of unbranched alkanes of at least 4 members (excludes halogenated alkanes) is 2. The van der Waals surface area contributed by atoms with Gasteiger partial charge in [0.2, 0.25) is 0 Å². The molecule has 2 N–H and O–H groups in total. The fraction of sp³-hybridized carbons (Fsp3) is 0.500. The number of hydrogen-bond acceptors (Lipinski definition) is 1. The minimum atomic E-state index is -0.120. The zero-order valence-electron chi connectivity index (χ0n) is 10.8. The van der Waals surface area contributed by atoms with Crippen molar-refractivity contribution in [3.8, 4) is 0 Å². The van der Waals surface area contributed by atoms with Gasteiger partial charge in [-0.15, -0.1) is 0 Å². The second kappa shape index (κ2) is 7.71. The van der Waals surface area contributed by atoms with Gasteiger partial charge in [0.25, 0.3) is 0 Å². The van der Waals surface area contributed by atoms with E-state index in [9.17, 15) is 4.79 Å². The van der Waals surface area contributed by atoms with Crippen LogP contribution >= 0.6 is 0 Å². The zero-order valence-corrected chi connectivity index (χ0v) is 10.8. The number of amides is 2. The predicted octanol–water partition coefficient (Wildman–Crippen LogP) is 3.56. The normalized spacial score (nSPS) is 10.0. The predicted molar refractivity (Wildman–Crippen MR) is 72.4 cm³/mol. The molecule has 0 aliphatic heterocycles. The Bertz CT molecular complexity index is 333. The highest BCUT2D eigenvalue weighted by molar-refractivity contribution is 5.89. The molecule has 3 nitrogen and oxygen atoms in total. The van der Waals surface area contributed by atoms with Gasteiger partial charge in [0, 0.05) is 12.2 Å². The summed E-state index contributed by atoms with van der Waals surface area (Å²) in [5.41, 5.74) is 2.12. The zero-order chi connectivity index (χ0) is 12.5. The second-order valence-electron chi connectivity index (χ2n) is 4.14. The molecule has 0 bridgehead atoms. The third-order valence-corrected chi connectivity index (χ3v) is 2.69. The van der Waals surface area contributed by atoms with Gasteiger partial charge in [-0.2, -0.15) is 0 Å². The highest BCUT2D eigenvalue weighted by Crippen LogP contribution is 2.09. The van der Waals surface area contributed by atoms with Crippen LogP contribution in [0.15, 0.2) is 24.3 Å². The molecule has 0 saturated carbocycles. The Labute approximate surface area is 104 Å². The van der Waals surface area contributed by atoms with E-state index in [1.807, 2.05) is 24.3 Å². The summed E-state index contributed by atoms with van der Waals surface area (Å²) >= 11 is 0. The largest absolute Gasteiger partial charge is 0.338 e. The summed E-state index contributed by atoms with van der Waals surface area (Å²) in [4.78, 5) is 11.5. The first kappa shape index (κ1) is 13.6. The number of aryl methyl sites for hydroxylation is 1. The van der Waals surface area contributed by atoms with Gasteiger partial charge in [-0.25, -0.2) is 4.79 Å². The Morgan fingerprint density at radius 2 is 1.82 bits per heavy atom. The molecule has 0 atom stereocenters.